The van der Waals surface area contributed by atoms with Gasteiger partial charge in [0.2, 0.25) is 0 Å². The lowest BCUT2D eigenvalue weighted by Crippen LogP contribution is -2.40. The molecule has 2 amide bonds. The van der Waals surface area contributed by atoms with Crippen LogP contribution in [0.4, 0.5) is 4.39 Å². The predicted molar refractivity (Wildman–Crippen MR) is 84.8 cm³/mol. The van der Waals surface area contributed by atoms with Gasteiger partial charge in [-0.25, -0.2) is 9.18 Å². The number of rotatable bonds is 7. The Kier molecular flexibility index (Phi) is 6.27. The fraction of sp³-hybridized carbons (Fsp3) is 0.235. The van der Waals surface area contributed by atoms with Gasteiger partial charge in [-0.05, 0) is 36.8 Å². The molecule has 0 fully saturated rings. The van der Waals surface area contributed by atoms with E-state index in [9.17, 15) is 18.8 Å². The van der Waals surface area contributed by atoms with E-state index in [0.29, 0.717) is 5.56 Å². The molecule has 2 N–H and O–H groups in total. The van der Waals surface area contributed by atoms with Gasteiger partial charge in [-0.2, -0.15) is 0 Å². The maximum Gasteiger partial charge on any atom is 0.328 e. The van der Waals surface area contributed by atoms with Gasteiger partial charge in [-0.3, -0.25) is 9.59 Å². The summed E-state index contributed by atoms with van der Waals surface area (Å²) in [6.07, 6.45) is 1.34. The maximum atomic E-state index is 12.8. The third-order valence-electron chi connectivity index (χ3n) is 3.19. The molecule has 0 spiro atoms. The van der Waals surface area contributed by atoms with Gasteiger partial charge in [-0.1, -0.05) is 12.1 Å². The van der Waals surface area contributed by atoms with Crippen LogP contribution >= 0.6 is 0 Å². The Morgan fingerprint density at radius 2 is 1.92 bits per heavy atom. The minimum absolute atomic E-state index is 0.0664. The Balaban J connectivity index is 1.70. The third kappa shape index (κ3) is 5.76. The van der Waals surface area contributed by atoms with E-state index in [1.54, 1.807) is 6.07 Å². The van der Waals surface area contributed by atoms with E-state index in [0.717, 1.165) is 0 Å². The zero-order valence-corrected chi connectivity index (χ0v) is 13.5. The van der Waals surface area contributed by atoms with E-state index in [-0.39, 0.29) is 18.1 Å². The molecule has 0 bridgehead atoms. The summed E-state index contributed by atoms with van der Waals surface area (Å²) < 4.78 is 22.5. The van der Waals surface area contributed by atoms with Gasteiger partial charge in [0.25, 0.3) is 11.8 Å². The molecule has 0 saturated heterocycles. The molecule has 132 valence electrons. The molecule has 1 aromatic carbocycles. The Labute approximate surface area is 143 Å². The van der Waals surface area contributed by atoms with E-state index in [1.165, 1.54) is 43.5 Å². The van der Waals surface area contributed by atoms with Crippen LogP contribution in [0, 0.1) is 5.82 Å². The van der Waals surface area contributed by atoms with Gasteiger partial charge < -0.3 is 19.8 Å². The Hall–Kier alpha value is -3.16. The molecule has 1 aromatic heterocycles. The number of nitrogens with one attached hydrogen (secondary N) is 2. The minimum Gasteiger partial charge on any atom is -0.459 e. The number of carbonyl (C=O) groups is 3. The summed E-state index contributed by atoms with van der Waals surface area (Å²) in [7, 11) is 0. The fourth-order valence-corrected chi connectivity index (χ4v) is 1.85. The average molecular weight is 348 g/mol. The van der Waals surface area contributed by atoms with Crippen molar-refractivity contribution in [2.75, 3.05) is 6.61 Å². The summed E-state index contributed by atoms with van der Waals surface area (Å²) in [4.78, 5) is 35.2. The van der Waals surface area contributed by atoms with Gasteiger partial charge in [0.1, 0.15) is 11.9 Å². The average Bonchev–Trinajstić information content (AvgIpc) is 3.13. The molecule has 1 atom stereocenters. The van der Waals surface area contributed by atoms with E-state index in [4.69, 9.17) is 9.15 Å². The number of benzene rings is 1. The molecule has 8 heteroatoms. The number of amides is 2. The minimum atomic E-state index is -0.942. The van der Waals surface area contributed by atoms with Crippen molar-refractivity contribution in [1.82, 2.24) is 10.6 Å². The summed E-state index contributed by atoms with van der Waals surface area (Å²) in [5.41, 5.74) is 0.708. The van der Waals surface area contributed by atoms with Crippen molar-refractivity contribution in [1.29, 1.82) is 0 Å². The molecule has 0 radical (unpaired) electrons. The molecular weight excluding hydrogens is 331 g/mol. The highest BCUT2D eigenvalue weighted by Crippen LogP contribution is 2.02. The quantitative estimate of drug-likeness (QED) is 0.737. The van der Waals surface area contributed by atoms with Gasteiger partial charge in [0, 0.05) is 6.54 Å². The summed E-state index contributed by atoms with van der Waals surface area (Å²) in [6, 6.07) is 7.69. The molecule has 7 nitrogen and oxygen atoms in total. The second-order valence-corrected chi connectivity index (χ2v) is 5.18. The Morgan fingerprint density at radius 1 is 1.20 bits per heavy atom. The first kappa shape index (κ1) is 18.2. The van der Waals surface area contributed by atoms with Gasteiger partial charge in [0.15, 0.2) is 12.4 Å². The first-order valence-corrected chi connectivity index (χ1v) is 7.48. The van der Waals surface area contributed by atoms with Crippen molar-refractivity contribution in [3.05, 3.63) is 59.8 Å². The van der Waals surface area contributed by atoms with Crippen LogP contribution in [0.15, 0.2) is 47.1 Å². The molecule has 0 unspecified atom stereocenters. The van der Waals surface area contributed by atoms with E-state index >= 15 is 0 Å². The molecule has 0 aliphatic rings. The lowest BCUT2D eigenvalue weighted by atomic mass is 10.2. The number of hydrogen-bond acceptors (Lipinski definition) is 5. The topological polar surface area (TPSA) is 97.6 Å². The van der Waals surface area contributed by atoms with Crippen molar-refractivity contribution in [3.8, 4) is 0 Å². The number of halogens is 1. The Morgan fingerprint density at radius 3 is 2.56 bits per heavy atom. The van der Waals surface area contributed by atoms with Crippen LogP contribution < -0.4 is 10.6 Å². The lowest BCUT2D eigenvalue weighted by molar-refractivity contribution is -0.150. The summed E-state index contributed by atoms with van der Waals surface area (Å²) >= 11 is 0. The largest absolute Gasteiger partial charge is 0.459 e. The summed E-state index contributed by atoms with van der Waals surface area (Å²) in [5, 5.41) is 4.93. The van der Waals surface area contributed by atoms with Crippen molar-refractivity contribution in [3.63, 3.8) is 0 Å². The van der Waals surface area contributed by atoms with Crippen LogP contribution in [0.5, 0.6) is 0 Å². The normalized spacial score (nSPS) is 11.4. The van der Waals surface area contributed by atoms with Crippen molar-refractivity contribution in [2.45, 2.75) is 19.5 Å². The number of furan rings is 1. The summed E-state index contributed by atoms with van der Waals surface area (Å²) in [5.74, 6) is -2.12. The van der Waals surface area contributed by atoms with Crippen molar-refractivity contribution >= 4 is 17.8 Å². The van der Waals surface area contributed by atoms with Crippen LogP contribution in [0.3, 0.4) is 0 Å². The SMILES string of the molecule is C[C@H](NC(=O)c1ccco1)C(=O)OCC(=O)NCc1ccc(F)cc1. The van der Waals surface area contributed by atoms with Crippen LogP contribution in [0.2, 0.25) is 0 Å². The molecule has 2 rings (SSSR count). The lowest BCUT2D eigenvalue weighted by Gasteiger charge is -2.12. The predicted octanol–water partition coefficient (Wildman–Crippen LogP) is 1.40. The van der Waals surface area contributed by atoms with Gasteiger partial charge >= 0.3 is 5.97 Å². The van der Waals surface area contributed by atoms with Crippen LogP contribution in [-0.4, -0.2) is 30.4 Å². The molecule has 25 heavy (non-hydrogen) atoms. The highest BCUT2D eigenvalue weighted by Gasteiger charge is 2.20. The van der Waals surface area contributed by atoms with Crippen LogP contribution in [0.25, 0.3) is 0 Å². The Bertz CT molecular complexity index is 728. The smallest absolute Gasteiger partial charge is 0.328 e. The molecule has 1 heterocycles. The third-order valence-corrected chi connectivity index (χ3v) is 3.19. The zero-order valence-electron chi connectivity index (χ0n) is 13.5. The second-order valence-electron chi connectivity index (χ2n) is 5.18. The first-order chi connectivity index (χ1) is 12.0. The van der Waals surface area contributed by atoms with Crippen molar-refractivity contribution in [2.24, 2.45) is 0 Å². The molecule has 0 aliphatic carbocycles. The molecule has 2 aromatic rings. The second kappa shape index (κ2) is 8.62. The van der Waals surface area contributed by atoms with E-state index in [2.05, 4.69) is 10.6 Å². The van der Waals surface area contributed by atoms with Gasteiger partial charge in [-0.15, -0.1) is 0 Å². The molecule has 0 saturated carbocycles. The number of esters is 1. The first-order valence-electron chi connectivity index (χ1n) is 7.48. The highest BCUT2D eigenvalue weighted by molar-refractivity contribution is 5.94. The van der Waals surface area contributed by atoms with Crippen molar-refractivity contribution < 1.29 is 27.9 Å². The number of hydrogen-bond donors (Lipinski definition) is 2. The maximum absolute atomic E-state index is 12.8. The number of ether oxygens (including phenoxy) is 1. The molecular formula is C17H17FN2O5. The van der Waals surface area contributed by atoms with E-state index < -0.39 is 30.4 Å². The fourth-order valence-electron chi connectivity index (χ4n) is 1.85. The number of carbonyl (C=O) groups excluding carboxylic acids is 3. The van der Waals surface area contributed by atoms with Crippen LogP contribution in [-0.2, 0) is 20.9 Å². The zero-order chi connectivity index (χ0) is 18.2. The summed E-state index contributed by atoms with van der Waals surface area (Å²) in [6.45, 7) is 1.13. The van der Waals surface area contributed by atoms with E-state index in [1.807, 2.05) is 0 Å². The highest BCUT2D eigenvalue weighted by atomic mass is 19.1. The van der Waals surface area contributed by atoms with Gasteiger partial charge in [0.05, 0.1) is 6.26 Å². The van der Waals surface area contributed by atoms with Crippen LogP contribution in [0.1, 0.15) is 23.0 Å². The molecule has 0 aliphatic heterocycles. The standard InChI is InChI=1S/C17H17FN2O5/c1-11(20-16(22)14-3-2-8-24-14)17(23)25-10-15(21)19-9-12-4-6-13(18)7-5-12/h2-8,11H,9-10H2,1H3,(H,19,21)(H,20,22)/t11-/m0/s1. The monoisotopic (exact) mass is 348 g/mol.